The van der Waals surface area contributed by atoms with Crippen LogP contribution in [-0.4, -0.2) is 21.5 Å². The molecule has 2 heteroatoms. The molecule has 0 saturated carbocycles. The molecule has 1 aromatic rings. The van der Waals surface area contributed by atoms with Gasteiger partial charge in [-0.05, 0) is 0 Å². The predicted octanol–water partition coefficient (Wildman–Crippen LogP) is -0.995. The Bertz CT molecular complexity index is 111. The Labute approximate surface area is 45.0 Å². The Morgan fingerprint density at radius 3 is 2.67 bits per heavy atom. The molecule has 0 atom stereocenters. The third-order valence-corrected chi connectivity index (χ3v) is 2.06. The van der Waals surface area contributed by atoms with Gasteiger partial charge in [-0.15, -0.1) is 0 Å². The van der Waals surface area contributed by atoms with E-state index >= 15 is 0 Å². The van der Waals surface area contributed by atoms with Crippen LogP contribution in [0.15, 0.2) is 18.3 Å². The van der Waals surface area contributed by atoms with E-state index in [4.69, 9.17) is 0 Å². The Kier molecular flexibility index (Phi) is 1.01. The van der Waals surface area contributed by atoms with Crippen LogP contribution >= 0.6 is 0 Å². The zero-order chi connectivity index (χ0) is 4.41. The molecule has 0 spiro atoms. The second-order valence-electron chi connectivity index (χ2n) is 1.35. The van der Waals surface area contributed by atoms with Crippen LogP contribution in [0.5, 0.6) is 0 Å². The fraction of sp³-hybridized carbons (Fsp3) is 0. The molecule has 0 amide bonds. The SMILES string of the molecule is [GeH3][c]1ccc[nH]1. The van der Waals surface area contributed by atoms with Crippen molar-refractivity contribution in [3.63, 3.8) is 0 Å². The molecule has 0 aliphatic carbocycles. The predicted molar refractivity (Wildman–Crippen MR) is 30.4 cm³/mol. The van der Waals surface area contributed by atoms with E-state index in [2.05, 4.69) is 11.1 Å². The number of aromatic nitrogens is 1. The van der Waals surface area contributed by atoms with Crippen LogP contribution in [0.4, 0.5) is 0 Å². The fourth-order valence-electron chi connectivity index (χ4n) is 0.420. The van der Waals surface area contributed by atoms with Crippen molar-refractivity contribution in [3.8, 4) is 0 Å². The molecule has 0 aromatic carbocycles. The van der Waals surface area contributed by atoms with Crippen molar-refractivity contribution in [2.24, 2.45) is 0 Å². The zero-order valence-corrected chi connectivity index (χ0v) is 7.93. The first-order valence-corrected chi connectivity index (χ1v) is 4.09. The quantitative estimate of drug-likeness (QED) is 0.447. The minimum absolute atomic E-state index is 0.830. The van der Waals surface area contributed by atoms with Crippen molar-refractivity contribution in [1.82, 2.24) is 4.98 Å². The van der Waals surface area contributed by atoms with Gasteiger partial charge in [-0.2, -0.15) is 0 Å². The standard InChI is InChI=1S/C4H7GeN/c5-4-2-1-3-6-4/h1-3,6H,5H3. The van der Waals surface area contributed by atoms with Gasteiger partial charge in [0.25, 0.3) is 0 Å². The maximum atomic E-state index is 3.08. The van der Waals surface area contributed by atoms with Gasteiger partial charge in [-0.3, -0.25) is 0 Å². The Hall–Kier alpha value is -0.177. The molecule has 1 N–H and O–H groups in total. The van der Waals surface area contributed by atoms with Crippen molar-refractivity contribution in [2.45, 2.75) is 0 Å². The van der Waals surface area contributed by atoms with Gasteiger partial charge in [-0.1, -0.05) is 0 Å². The van der Waals surface area contributed by atoms with Gasteiger partial charge in [0.1, 0.15) is 0 Å². The van der Waals surface area contributed by atoms with Gasteiger partial charge >= 0.3 is 44.4 Å². The average molecular weight is 142 g/mol. The molecule has 0 bridgehead atoms. The van der Waals surface area contributed by atoms with Gasteiger partial charge in [0.15, 0.2) is 0 Å². The Morgan fingerprint density at radius 1 is 1.67 bits per heavy atom. The fourth-order valence-corrected chi connectivity index (χ4v) is 1.17. The Balaban J connectivity index is 3.05. The van der Waals surface area contributed by atoms with Crippen LogP contribution in [0, 0.1) is 0 Å². The van der Waals surface area contributed by atoms with Crippen molar-refractivity contribution >= 4 is 21.0 Å². The molecule has 0 aliphatic rings. The Morgan fingerprint density at radius 2 is 2.50 bits per heavy atom. The van der Waals surface area contributed by atoms with Crippen LogP contribution in [0.1, 0.15) is 0 Å². The first-order valence-electron chi connectivity index (χ1n) is 1.99. The average Bonchev–Trinajstić information content (AvgIpc) is 1.86. The van der Waals surface area contributed by atoms with Gasteiger partial charge in [-0.25, -0.2) is 0 Å². The summed E-state index contributed by atoms with van der Waals surface area (Å²) < 4.78 is 1.41. The molecule has 0 saturated heterocycles. The monoisotopic (exact) mass is 143 g/mol. The summed E-state index contributed by atoms with van der Waals surface area (Å²) in [7, 11) is 0. The molecule has 32 valence electrons. The van der Waals surface area contributed by atoms with Crippen LogP contribution in [0.3, 0.4) is 0 Å². The van der Waals surface area contributed by atoms with E-state index in [9.17, 15) is 0 Å². The molecule has 1 rings (SSSR count). The second kappa shape index (κ2) is 1.51. The van der Waals surface area contributed by atoms with Gasteiger partial charge < -0.3 is 0 Å². The third-order valence-electron chi connectivity index (χ3n) is 0.753. The minimum atomic E-state index is 0.830. The molecule has 0 aliphatic heterocycles. The number of hydrogen-bond donors (Lipinski definition) is 1. The molecule has 1 aromatic heterocycles. The van der Waals surface area contributed by atoms with Crippen LogP contribution in [-0.2, 0) is 0 Å². The summed E-state index contributed by atoms with van der Waals surface area (Å²) in [5.74, 6) is 0. The van der Waals surface area contributed by atoms with Crippen molar-refractivity contribution in [2.75, 3.05) is 0 Å². The van der Waals surface area contributed by atoms with E-state index in [0.29, 0.717) is 0 Å². The second-order valence-corrected chi connectivity index (χ2v) is 3.61. The molecule has 6 heavy (non-hydrogen) atoms. The molecule has 1 nitrogen and oxygen atoms in total. The van der Waals surface area contributed by atoms with Crippen LogP contribution < -0.4 is 4.53 Å². The first kappa shape index (κ1) is 3.99. The van der Waals surface area contributed by atoms with E-state index < -0.39 is 0 Å². The number of rotatable bonds is 0. The topological polar surface area (TPSA) is 15.8 Å². The summed E-state index contributed by atoms with van der Waals surface area (Å²) in [6.45, 7) is 0. The van der Waals surface area contributed by atoms with E-state index in [-0.39, 0.29) is 0 Å². The van der Waals surface area contributed by atoms with Crippen molar-refractivity contribution in [3.05, 3.63) is 18.3 Å². The number of nitrogens with one attached hydrogen (secondary N) is 1. The summed E-state index contributed by atoms with van der Waals surface area (Å²) in [5.41, 5.74) is 0. The molecular formula is C4H7GeN. The number of aromatic amines is 1. The van der Waals surface area contributed by atoms with Gasteiger partial charge in [0.05, 0.1) is 0 Å². The van der Waals surface area contributed by atoms with Gasteiger partial charge in [0, 0.05) is 0 Å². The van der Waals surface area contributed by atoms with Crippen molar-refractivity contribution < 1.29 is 0 Å². The summed E-state index contributed by atoms with van der Waals surface area (Å²) in [5, 5.41) is 0. The molecule has 0 unspecified atom stereocenters. The first-order chi connectivity index (χ1) is 2.89. The molecular weight excluding hydrogens is 135 g/mol. The molecule has 1 heterocycles. The van der Waals surface area contributed by atoms with Crippen molar-refractivity contribution in [1.29, 1.82) is 0 Å². The molecule has 0 fully saturated rings. The summed E-state index contributed by atoms with van der Waals surface area (Å²) in [6.07, 6.45) is 1.96. The van der Waals surface area contributed by atoms with E-state index in [1.165, 1.54) is 4.53 Å². The summed E-state index contributed by atoms with van der Waals surface area (Å²) in [6, 6.07) is 4.14. The number of H-pyrrole nitrogens is 1. The van der Waals surface area contributed by atoms with E-state index in [0.717, 1.165) is 16.5 Å². The maximum absolute atomic E-state index is 3.08. The summed E-state index contributed by atoms with van der Waals surface area (Å²) >= 11 is 0.830. The molecule has 0 radical (unpaired) electrons. The van der Waals surface area contributed by atoms with Crippen LogP contribution in [0.25, 0.3) is 0 Å². The van der Waals surface area contributed by atoms with Crippen LogP contribution in [0.2, 0.25) is 0 Å². The summed E-state index contributed by atoms with van der Waals surface area (Å²) in [4.78, 5) is 3.08. The van der Waals surface area contributed by atoms with Gasteiger partial charge in [0.2, 0.25) is 0 Å². The normalized spacial score (nSPS) is 9.33. The number of hydrogen-bond acceptors (Lipinski definition) is 0. The zero-order valence-electron chi connectivity index (χ0n) is 3.73. The third kappa shape index (κ3) is 0.654. The van der Waals surface area contributed by atoms with E-state index in [1.807, 2.05) is 12.3 Å². The van der Waals surface area contributed by atoms with E-state index in [1.54, 1.807) is 0 Å².